The summed E-state index contributed by atoms with van der Waals surface area (Å²) in [7, 11) is 0. The molecule has 0 radical (unpaired) electrons. The smallest absolute Gasteiger partial charge is 0.251 e. The lowest BCUT2D eigenvalue weighted by Crippen LogP contribution is -2.28. The summed E-state index contributed by atoms with van der Waals surface area (Å²) in [5.74, 6) is 1.75. The van der Waals surface area contributed by atoms with E-state index in [2.05, 4.69) is 5.32 Å². The van der Waals surface area contributed by atoms with Crippen molar-refractivity contribution in [1.82, 2.24) is 5.32 Å². The second-order valence-corrected chi connectivity index (χ2v) is 5.61. The van der Waals surface area contributed by atoms with Gasteiger partial charge in [0.15, 0.2) is 0 Å². The molecule has 0 saturated heterocycles. The van der Waals surface area contributed by atoms with Gasteiger partial charge in [-0.3, -0.25) is 4.79 Å². The Labute approximate surface area is 120 Å². The lowest BCUT2D eigenvalue weighted by molar-refractivity contribution is 0.0945. The van der Waals surface area contributed by atoms with Gasteiger partial charge in [-0.15, -0.1) is 0 Å². The lowest BCUT2D eigenvalue weighted by atomic mass is 10.1. The molecule has 1 aromatic rings. The Hall–Kier alpha value is -1.55. The van der Waals surface area contributed by atoms with Gasteiger partial charge in [0.1, 0.15) is 5.75 Å². The SMILES string of the molecule is CC(CCO)CNC(=O)c1ccc(OCC2CC2)cc1. The Morgan fingerprint density at radius 3 is 2.70 bits per heavy atom. The molecule has 110 valence electrons. The molecule has 1 aromatic carbocycles. The molecule has 1 fully saturated rings. The molecule has 1 atom stereocenters. The topological polar surface area (TPSA) is 58.6 Å². The number of carbonyl (C=O) groups is 1. The van der Waals surface area contributed by atoms with Gasteiger partial charge in [0.05, 0.1) is 6.61 Å². The number of aliphatic hydroxyl groups is 1. The maximum atomic E-state index is 11.9. The van der Waals surface area contributed by atoms with E-state index >= 15 is 0 Å². The van der Waals surface area contributed by atoms with E-state index in [1.807, 2.05) is 19.1 Å². The van der Waals surface area contributed by atoms with E-state index in [0.29, 0.717) is 18.5 Å². The standard InChI is InChI=1S/C16H23NO3/c1-12(8-9-18)10-17-16(19)14-4-6-15(7-5-14)20-11-13-2-3-13/h4-7,12-13,18H,2-3,8-11H2,1H3,(H,17,19). The van der Waals surface area contributed by atoms with E-state index < -0.39 is 0 Å². The van der Waals surface area contributed by atoms with Crippen LogP contribution < -0.4 is 10.1 Å². The Morgan fingerprint density at radius 2 is 2.10 bits per heavy atom. The predicted molar refractivity (Wildman–Crippen MR) is 77.9 cm³/mol. The molecule has 1 saturated carbocycles. The van der Waals surface area contributed by atoms with Crippen molar-refractivity contribution in [2.75, 3.05) is 19.8 Å². The van der Waals surface area contributed by atoms with Crippen LogP contribution in [0.2, 0.25) is 0 Å². The third kappa shape index (κ3) is 4.85. The first-order chi connectivity index (χ1) is 9.69. The first-order valence-electron chi connectivity index (χ1n) is 7.31. The number of amides is 1. The first-order valence-corrected chi connectivity index (χ1v) is 7.31. The zero-order valence-corrected chi connectivity index (χ0v) is 12.0. The molecule has 2 N–H and O–H groups in total. The van der Waals surface area contributed by atoms with Crippen molar-refractivity contribution in [1.29, 1.82) is 0 Å². The summed E-state index contributed by atoms with van der Waals surface area (Å²) in [5.41, 5.74) is 0.639. The molecule has 0 spiro atoms. The van der Waals surface area contributed by atoms with Gasteiger partial charge in [0.2, 0.25) is 0 Å². The van der Waals surface area contributed by atoms with Crippen LogP contribution >= 0.6 is 0 Å². The zero-order valence-electron chi connectivity index (χ0n) is 12.0. The number of aliphatic hydroxyl groups excluding tert-OH is 1. The molecule has 2 rings (SSSR count). The van der Waals surface area contributed by atoms with Crippen LogP contribution in [0.3, 0.4) is 0 Å². The maximum Gasteiger partial charge on any atom is 0.251 e. The molecular weight excluding hydrogens is 254 g/mol. The summed E-state index contributed by atoms with van der Waals surface area (Å²) in [6.45, 7) is 3.53. The quantitative estimate of drug-likeness (QED) is 0.766. The highest BCUT2D eigenvalue weighted by Gasteiger charge is 2.21. The average Bonchev–Trinajstić information content (AvgIpc) is 3.28. The van der Waals surface area contributed by atoms with Gasteiger partial charge >= 0.3 is 0 Å². The van der Waals surface area contributed by atoms with Gasteiger partial charge in [-0.05, 0) is 55.4 Å². The van der Waals surface area contributed by atoms with Crippen LogP contribution in [0.25, 0.3) is 0 Å². The summed E-state index contributed by atoms with van der Waals surface area (Å²) in [6, 6.07) is 7.26. The molecular formula is C16H23NO3. The number of hydrogen-bond donors (Lipinski definition) is 2. The summed E-state index contributed by atoms with van der Waals surface area (Å²) in [6.07, 6.45) is 3.24. The van der Waals surface area contributed by atoms with Crippen LogP contribution in [0.1, 0.15) is 36.5 Å². The fourth-order valence-corrected chi connectivity index (χ4v) is 1.89. The minimum absolute atomic E-state index is 0.0801. The molecule has 4 heteroatoms. The van der Waals surface area contributed by atoms with Crippen LogP contribution in [-0.2, 0) is 0 Å². The average molecular weight is 277 g/mol. The largest absolute Gasteiger partial charge is 0.493 e. The second kappa shape index (κ2) is 7.29. The monoisotopic (exact) mass is 277 g/mol. The normalized spacial score (nSPS) is 15.7. The van der Waals surface area contributed by atoms with Crippen LogP contribution in [0.15, 0.2) is 24.3 Å². The molecule has 20 heavy (non-hydrogen) atoms. The Bertz CT molecular complexity index is 426. The highest BCUT2D eigenvalue weighted by molar-refractivity contribution is 5.94. The third-order valence-electron chi connectivity index (χ3n) is 3.53. The molecule has 0 bridgehead atoms. The molecule has 1 aliphatic carbocycles. The predicted octanol–water partition coefficient (Wildman–Crippen LogP) is 2.22. The van der Waals surface area contributed by atoms with Gasteiger partial charge in [-0.1, -0.05) is 6.92 Å². The van der Waals surface area contributed by atoms with Crippen LogP contribution in [0.5, 0.6) is 5.75 Å². The second-order valence-electron chi connectivity index (χ2n) is 5.61. The van der Waals surface area contributed by atoms with Gasteiger partial charge in [-0.2, -0.15) is 0 Å². The van der Waals surface area contributed by atoms with E-state index in [4.69, 9.17) is 9.84 Å². The summed E-state index contributed by atoms with van der Waals surface area (Å²) in [4.78, 5) is 11.9. The highest BCUT2D eigenvalue weighted by Crippen LogP contribution is 2.29. The number of ether oxygens (including phenoxy) is 1. The van der Waals surface area contributed by atoms with Crippen LogP contribution in [0.4, 0.5) is 0 Å². The van der Waals surface area contributed by atoms with Crippen LogP contribution in [-0.4, -0.2) is 30.8 Å². The summed E-state index contributed by atoms with van der Waals surface area (Å²) >= 11 is 0. The number of nitrogens with one attached hydrogen (secondary N) is 1. The Morgan fingerprint density at radius 1 is 1.40 bits per heavy atom. The van der Waals surface area contributed by atoms with Crippen molar-refractivity contribution < 1.29 is 14.6 Å². The fourth-order valence-electron chi connectivity index (χ4n) is 1.89. The highest BCUT2D eigenvalue weighted by atomic mass is 16.5. The molecule has 1 unspecified atom stereocenters. The molecule has 1 aliphatic rings. The van der Waals surface area contributed by atoms with Gasteiger partial charge in [0, 0.05) is 18.7 Å². The molecule has 0 heterocycles. The number of rotatable bonds is 8. The van der Waals surface area contributed by atoms with E-state index in [1.54, 1.807) is 12.1 Å². The van der Waals surface area contributed by atoms with Crippen molar-refractivity contribution in [3.63, 3.8) is 0 Å². The molecule has 1 amide bonds. The Balaban J connectivity index is 1.77. The maximum absolute atomic E-state index is 11.9. The van der Waals surface area contributed by atoms with E-state index in [1.165, 1.54) is 12.8 Å². The number of benzene rings is 1. The first kappa shape index (κ1) is 14.9. The van der Waals surface area contributed by atoms with E-state index in [9.17, 15) is 4.79 Å². The van der Waals surface area contributed by atoms with Crippen LogP contribution in [0, 0.1) is 11.8 Å². The van der Waals surface area contributed by atoms with Crippen molar-refractivity contribution >= 4 is 5.91 Å². The van der Waals surface area contributed by atoms with E-state index in [0.717, 1.165) is 18.3 Å². The molecule has 0 aromatic heterocycles. The van der Waals surface area contributed by atoms with E-state index in [-0.39, 0.29) is 18.4 Å². The van der Waals surface area contributed by atoms with Crippen molar-refractivity contribution in [2.45, 2.75) is 26.2 Å². The number of carbonyl (C=O) groups excluding carboxylic acids is 1. The lowest BCUT2D eigenvalue weighted by Gasteiger charge is -2.11. The molecule has 4 nitrogen and oxygen atoms in total. The minimum atomic E-state index is -0.0801. The number of hydrogen-bond acceptors (Lipinski definition) is 3. The Kier molecular flexibility index (Phi) is 5.41. The summed E-state index contributed by atoms with van der Waals surface area (Å²) < 4.78 is 5.64. The van der Waals surface area contributed by atoms with Crippen molar-refractivity contribution in [3.8, 4) is 5.75 Å². The van der Waals surface area contributed by atoms with Gasteiger partial charge in [0.25, 0.3) is 5.91 Å². The minimum Gasteiger partial charge on any atom is -0.493 e. The van der Waals surface area contributed by atoms with Crippen molar-refractivity contribution in [3.05, 3.63) is 29.8 Å². The van der Waals surface area contributed by atoms with Gasteiger partial charge in [-0.25, -0.2) is 0 Å². The third-order valence-corrected chi connectivity index (χ3v) is 3.53. The van der Waals surface area contributed by atoms with Gasteiger partial charge < -0.3 is 15.2 Å². The fraction of sp³-hybridized carbons (Fsp3) is 0.562. The summed E-state index contributed by atoms with van der Waals surface area (Å²) in [5, 5.41) is 11.7. The van der Waals surface area contributed by atoms with Crippen molar-refractivity contribution in [2.24, 2.45) is 11.8 Å². The molecule has 0 aliphatic heterocycles. The zero-order chi connectivity index (χ0) is 14.4.